The van der Waals surface area contributed by atoms with Crippen LogP contribution in [0.1, 0.15) is 79.0 Å². The maximum atomic E-state index is 11.0. The summed E-state index contributed by atoms with van der Waals surface area (Å²) < 4.78 is 2.13. The predicted molar refractivity (Wildman–Crippen MR) is 217 cm³/mol. The fourth-order valence-corrected chi connectivity index (χ4v) is 6.72. The number of imidazole rings is 1. The number of hydrogen-bond donors (Lipinski definition) is 1. The van der Waals surface area contributed by atoms with Gasteiger partial charge in [-0.05, 0) is 74.9 Å². The Kier molecular flexibility index (Phi) is 10.2. The molecule has 0 saturated heterocycles. The molecule has 0 amide bonds. The van der Waals surface area contributed by atoms with Gasteiger partial charge in [0, 0.05) is 38.6 Å². The first-order valence-electron chi connectivity index (χ1n) is 18.1. The van der Waals surface area contributed by atoms with Gasteiger partial charge in [-0.3, -0.25) is 9.55 Å². The molecule has 0 aliphatic rings. The fraction of sp³-hybridized carbons (Fsp3) is 0.250. The minimum Gasteiger partial charge on any atom is -0.507 e. The van der Waals surface area contributed by atoms with Crippen molar-refractivity contribution >= 4 is 11.0 Å². The van der Waals surface area contributed by atoms with Crippen LogP contribution in [0.15, 0.2) is 121 Å². The Morgan fingerprint density at radius 3 is 1.79 bits per heavy atom. The molecule has 7 rings (SSSR count). The van der Waals surface area contributed by atoms with Gasteiger partial charge in [0.25, 0.3) is 0 Å². The number of aromatic hydroxyl groups is 1. The Labute approximate surface area is 329 Å². The Balaban J connectivity index is 0.00000481. The number of para-hydroxylation sites is 3. The number of pyridine rings is 1. The first-order valence-corrected chi connectivity index (χ1v) is 18.1. The van der Waals surface area contributed by atoms with E-state index in [9.17, 15) is 5.11 Å². The zero-order valence-corrected chi connectivity index (χ0v) is 34.4. The van der Waals surface area contributed by atoms with Crippen LogP contribution in [0.3, 0.4) is 0 Å². The first-order chi connectivity index (χ1) is 24.6. The second-order valence-electron chi connectivity index (χ2n) is 17.0. The van der Waals surface area contributed by atoms with E-state index in [1.807, 2.05) is 42.6 Å². The molecule has 0 aliphatic carbocycles. The van der Waals surface area contributed by atoms with Gasteiger partial charge in [0.2, 0.25) is 0 Å². The molecule has 0 radical (unpaired) electrons. The van der Waals surface area contributed by atoms with E-state index in [0.717, 1.165) is 50.2 Å². The molecule has 53 heavy (non-hydrogen) atoms. The smallest absolute Gasteiger partial charge is 0.148 e. The van der Waals surface area contributed by atoms with Gasteiger partial charge in [-0.1, -0.05) is 146 Å². The number of benzene rings is 5. The summed E-state index contributed by atoms with van der Waals surface area (Å²) in [5, 5.41) is 11.0. The predicted octanol–water partition coefficient (Wildman–Crippen LogP) is 12.5. The van der Waals surface area contributed by atoms with E-state index in [-0.39, 0.29) is 43.1 Å². The summed E-state index contributed by atoms with van der Waals surface area (Å²) in [6.07, 6.45) is 1.91. The van der Waals surface area contributed by atoms with Crippen LogP contribution in [0, 0.1) is 6.07 Å². The summed E-state index contributed by atoms with van der Waals surface area (Å²) >= 11 is 0. The van der Waals surface area contributed by atoms with Crippen LogP contribution in [-0.2, 0) is 37.3 Å². The maximum absolute atomic E-state index is 11.0. The van der Waals surface area contributed by atoms with E-state index in [1.54, 1.807) is 6.07 Å². The topological polar surface area (TPSA) is 50.9 Å². The van der Waals surface area contributed by atoms with Crippen LogP contribution in [0.25, 0.3) is 61.6 Å². The molecule has 1 N–H and O–H groups in total. The van der Waals surface area contributed by atoms with Gasteiger partial charge in [-0.25, -0.2) is 4.98 Å². The molecular formula is C48H48N3OPt-. The zero-order valence-electron chi connectivity index (χ0n) is 32.2. The van der Waals surface area contributed by atoms with Crippen molar-refractivity contribution in [3.63, 3.8) is 0 Å². The summed E-state index contributed by atoms with van der Waals surface area (Å²) in [5.74, 6) is 0.862. The van der Waals surface area contributed by atoms with Crippen molar-refractivity contribution in [2.24, 2.45) is 0 Å². The minimum absolute atomic E-state index is 0. The molecule has 0 atom stereocenters. The fourth-order valence-electron chi connectivity index (χ4n) is 6.72. The third kappa shape index (κ3) is 7.66. The van der Waals surface area contributed by atoms with Crippen LogP contribution < -0.4 is 0 Å². The number of nitrogens with zero attached hydrogens (tertiary/aromatic N) is 3. The van der Waals surface area contributed by atoms with Crippen LogP contribution >= 0.6 is 0 Å². The molecule has 5 aromatic carbocycles. The van der Waals surface area contributed by atoms with Crippen molar-refractivity contribution in [3.8, 4) is 56.3 Å². The molecule has 0 saturated carbocycles. The second kappa shape index (κ2) is 14.2. The molecule has 2 aromatic heterocycles. The van der Waals surface area contributed by atoms with E-state index in [2.05, 4.69) is 146 Å². The number of aromatic nitrogens is 3. The number of phenols is 1. The normalized spacial score (nSPS) is 12.2. The van der Waals surface area contributed by atoms with E-state index >= 15 is 0 Å². The van der Waals surface area contributed by atoms with E-state index < -0.39 is 0 Å². The van der Waals surface area contributed by atoms with Crippen molar-refractivity contribution in [1.82, 2.24) is 14.5 Å². The van der Waals surface area contributed by atoms with Crippen molar-refractivity contribution in [2.75, 3.05) is 0 Å². The molecule has 5 heteroatoms. The first kappa shape index (κ1) is 37.9. The zero-order chi connectivity index (χ0) is 37.0. The largest absolute Gasteiger partial charge is 0.507 e. The Hall–Kier alpha value is -4.79. The van der Waals surface area contributed by atoms with Gasteiger partial charge in [-0.2, -0.15) is 0 Å². The summed E-state index contributed by atoms with van der Waals surface area (Å²) in [6, 6.07) is 43.6. The van der Waals surface area contributed by atoms with E-state index in [0.29, 0.717) is 11.4 Å². The van der Waals surface area contributed by atoms with Crippen LogP contribution in [0.5, 0.6) is 5.75 Å². The Morgan fingerprint density at radius 2 is 1.15 bits per heavy atom. The average molecular weight is 878 g/mol. The quantitative estimate of drug-likeness (QED) is 0.175. The van der Waals surface area contributed by atoms with Gasteiger partial charge in [0.1, 0.15) is 11.6 Å². The van der Waals surface area contributed by atoms with Crippen molar-refractivity contribution in [2.45, 2.75) is 78.6 Å². The Bertz CT molecular complexity index is 2390. The number of fused-ring (bicyclic) bond motifs is 1. The summed E-state index contributed by atoms with van der Waals surface area (Å²) in [5.41, 5.74) is 13.1. The van der Waals surface area contributed by atoms with Crippen molar-refractivity contribution in [3.05, 3.63) is 144 Å². The molecule has 2 heterocycles. The molecule has 272 valence electrons. The van der Waals surface area contributed by atoms with Crippen LogP contribution in [0.2, 0.25) is 0 Å². The van der Waals surface area contributed by atoms with Crippen LogP contribution in [-0.4, -0.2) is 19.6 Å². The molecule has 0 aliphatic heterocycles. The molecule has 7 aromatic rings. The molecule has 0 bridgehead atoms. The standard InChI is InChI=1S/C48H48N3O.Pt/c1-46(2,3)35-22-23-49-41(30-35)34-25-31(32-27-36(47(4,5)6)29-37(28-32)48(7,8)9)24-33(26-34)39-19-15-20-42-44(39)50-45(40-18-13-14-21-43(40)52)51(42)38-16-11-10-12-17-38;/h10-25,27-30,52H,1-9H3;/q-1;. The number of hydrogen-bond acceptors (Lipinski definition) is 3. The third-order valence-corrected chi connectivity index (χ3v) is 9.90. The molecule has 0 fully saturated rings. The van der Waals surface area contributed by atoms with Crippen molar-refractivity contribution in [1.29, 1.82) is 0 Å². The van der Waals surface area contributed by atoms with Gasteiger partial charge in [0.05, 0.1) is 16.6 Å². The number of phenolic OH excluding ortho intramolecular Hbond substituents is 1. The Morgan fingerprint density at radius 1 is 0.566 bits per heavy atom. The molecule has 4 nitrogen and oxygen atoms in total. The summed E-state index contributed by atoms with van der Waals surface area (Å²) in [4.78, 5) is 10.2. The molecule has 0 spiro atoms. The molecular weight excluding hydrogens is 830 g/mol. The van der Waals surface area contributed by atoms with Crippen molar-refractivity contribution < 1.29 is 26.2 Å². The van der Waals surface area contributed by atoms with E-state index in [4.69, 9.17) is 9.97 Å². The van der Waals surface area contributed by atoms with Gasteiger partial charge in [-0.15, -0.1) is 23.8 Å². The summed E-state index contributed by atoms with van der Waals surface area (Å²) in [6.45, 7) is 20.4. The van der Waals surface area contributed by atoms with Gasteiger partial charge < -0.3 is 5.11 Å². The third-order valence-electron chi connectivity index (χ3n) is 9.90. The average Bonchev–Trinajstić information content (AvgIpc) is 3.50. The van der Waals surface area contributed by atoms with E-state index in [1.165, 1.54) is 16.7 Å². The van der Waals surface area contributed by atoms with Crippen LogP contribution in [0.4, 0.5) is 0 Å². The second-order valence-corrected chi connectivity index (χ2v) is 17.0. The monoisotopic (exact) mass is 877 g/mol. The van der Waals surface area contributed by atoms with Gasteiger partial charge >= 0.3 is 0 Å². The van der Waals surface area contributed by atoms with Gasteiger partial charge in [0.15, 0.2) is 0 Å². The minimum atomic E-state index is -0.0317. The summed E-state index contributed by atoms with van der Waals surface area (Å²) in [7, 11) is 0. The maximum Gasteiger partial charge on any atom is 0.148 e. The molecule has 0 unspecified atom stereocenters. The number of rotatable bonds is 5. The SMILES string of the molecule is CC(C)(C)c1cc(-c2cc(-c3cc(C(C)(C)C)ccn3)[c-]c(-c3cccc4c3nc(-c3ccccc3O)n4-c3ccccc3)c2)cc(C(C)(C)C)c1.[Pt].